The van der Waals surface area contributed by atoms with E-state index in [-0.39, 0.29) is 16.5 Å². The van der Waals surface area contributed by atoms with E-state index in [0.717, 1.165) is 11.0 Å². The standard InChI is InChI=1S/C18H20N4O3S/c1-10-8-13(9-16(11(10)2)26(19,24)25)18(23)20-12(3)17-21-14-6-4-5-7-15(14)22-17/h4-9,12H,1-3H3,(H,20,23)(H,21,22)(H2,19,24,25)/t12-/m1/s1. The smallest absolute Gasteiger partial charge is 0.251 e. The molecule has 0 saturated carbocycles. The van der Waals surface area contributed by atoms with E-state index in [4.69, 9.17) is 5.14 Å². The van der Waals surface area contributed by atoms with E-state index in [9.17, 15) is 13.2 Å². The molecule has 1 amide bonds. The number of para-hydroxylation sites is 2. The van der Waals surface area contributed by atoms with Crippen molar-refractivity contribution in [3.63, 3.8) is 0 Å². The summed E-state index contributed by atoms with van der Waals surface area (Å²) in [5.41, 5.74) is 3.14. The van der Waals surface area contributed by atoms with Crippen molar-refractivity contribution < 1.29 is 13.2 Å². The normalized spacial score (nSPS) is 12.9. The Labute approximate surface area is 151 Å². The van der Waals surface area contributed by atoms with Crippen LogP contribution < -0.4 is 10.5 Å². The molecule has 8 heteroatoms. The lowest BCUT2D eigenvalue weighted by molar-refractivity contribution is 0.0938. The van der Waals surface area contributed by atoms with E-state index >= 15 is 0 Å². The molecule has 0 aliphatic heterocycles. The Morgan fingerprint density at radius 2 is 1.92 bits per heavy atom. The van der Waals surface area contributed by atoms with Crippen LogP contribution in [0.2, 0.25) is 0 Å². The number of imidazole rings is 1. The number of hydrogen-bond donors (Lipinski definition) is 3. The molecule has 0 bridgehead atoms. The summed E-state index contributed by atoms with van der Waals surface area (Å²) in [6, 6.07) is 10.1. The van der Waals surface area contributed by atoms with Crippen LogP contribution in [0.3, 0.4) is 0 Å². The zero-order valence-electron chi connectivity index (χ0n) is 14.7. The topological polar surface area (TPSA) is 118 Å². The highest BCUT2D eigenvalue weighted by atomic mass is 32.2. The van der Waals surface area contributed by atoms with Crippen molar-refractivity contribution in [3.8, 4) is 0 Å². The second kappa shape index (κ2) is 6.54. The van der Waals surface area contributed by atoms with Gasteiger partial charge in [0.25, 0.3) is 5.91 Å². The summed E-state index contributed by atoms with van der Waals surface area (Å²) in [5, 5.41) is 8.09. The average Bonchev–Trinajstić information content (AvgIpc) is 3.00. The number of benzene rings is 2. The van der Waals surface area contributed by atoms with Crippen molar-refractivity contribution in [2.75, 3.05) is 0 Å². The third-order valence-corrected chi connectivity index (χ3v) is 5.39. The van der Waals surface area contributed by atoms with Gasteiger partial charge in [0.1, 0.15) is 5.82 Å². The summed E-state index contributed by atoms with van der Waals surface area (Å²) in [5.74, 6) is 0.223. The quantitative estimate of drug-likeness (QED) is 0.651. The minimum atomic E-state index is -3.91. The first kappa shape index (κ1) is 18.1. The third-order valence-electron chi connectivity index (χ3n) is 4.35. The molecule has 1 atom stereocenters. The molecular weight excluding hydrogens is 352 g/mol. The van der Waals surface area contributed by atoms with E-state index in [1.807, 2.05) is 24.3 Å². The molecule has 1 aromatic heterocycles. The monoisotopic (exact) mass is 372 g/mol. The predicted molar refractivity (Wildman–Crippen MR) is 99.3 cm³/mol. The summed E-state index contributed by atoms with van der Waals surface area (Å²) in [6.07, 6.45) is 0. The van der Waals surface area contributed by atoms with Crippen LogP contribution in [-0.4, -0.2) is 24.3 Å². The highest BCUT2D eigenvalue weighted by molar-refractivity contribution is 7.89. The van der Waals surface area contributed by atoms with Crippen molar-refractivity contribution in [1.82, 2.24) is 15.3 Å². The second-order valence-electron chi connectivity index (χ2n) is 6.30. The van der Waals surface area contributed by atoms with E-state index in [2.05, 4.69) is 15.3 Å². The number of nitrogens with one attached hydrogen (secondary N) is 2. The van der Waals surface area contributed by atoms with Gasteiger partial charge < -0.3 is 10.3 Å². The van der Waals surface area contributed by atoms with E-state index in [1.54, 1.807) is 26.8 Å². The fraction of sp³-hybridized carbons (Fsp3) is 0.222. The van der Waals surface area contributed by atoms with Gasteiger partial charge in [-0.3, -0.25) is 4.79 Å². The minimum absolute atomic E-state index is 0.0426. The number of aryl methyl sites for hydroxylation is 1. The van der Waals surface area contributed by atoms with Gasteiger partial charge in [-0.25, -0.2) is 18.5 Å². The Hall–Kier alpha value is -2.71. The Bertz CT molecular complexity index is 1070. The van der Waals surface area contributed by atoms with E-state index < -0.39 is 15.9 Å². The maximum atomic E-state index is 12.6. The number of rotatable bonds is 4. The summed E-state index contributed by atoms with van der Waals surface area (Å²) < 4.78 is 23.5. The minimum Gasteiger partial charge on any atom is -0.342 e. The number of fused-ring (bicyclic) bond motifs is 1. The van der Waals surface area contributed by atoms with Crippen LogP contribution >= 0.6 is 0 Å². The average molecular weight is 372 g/mol. The lowest BCUT2D eigenvalue weighted by atomic mass is 10.1. The first-order chi connectivity index (χ1) is 12.2. The van der Waals surface area contributed by atoms with Gasteiger partial charge in [-0.05, 0) is 56.2 Å². The molecule has 4 N–H and O–H groups in total. The molecule has 136 valence electrons. The zero-order chi connectivity index (χ0) is 19.1. The number of aromatic amines is 1. The van der Waals surface area contributed by atoms with Gasteiger partial charge in [-0.1, -0.05) is 12.1 Å². The van der Waals surface area contributed by atoms with Crippen LogP contribution in [0.15, 0.2) is 41.3 Å². The largest absolute Gasteiger partial charge is 0.342 e. The van der Waals surface area contributed by atoms with Gasteiger partial charge in [0.15, 0.2) is 0 Å². The van der Waals surface area contributed by atoms with Gasteiger partial charge in [0, 0.05) is 5.56 Å². The molecule has 3 aromatic rings. The molecule has 0 saturated heterocycles. The van der Waals surface area contributed by atoms with Crippen molar-refractivity contribution in [1.29, 1.82) is 0 Å². The lowest BCUT2D eigenvalue weighted by Gasteiger charge is -2.14. The summed E-state index contributed by atoms with van der Waals surface area (Å²) in [7, 11) is -3.91. The number of sulfonamides is 1. The summed E-state index contributed by atoms with van der Waals surface area (Å²) in [4.78, 5) is 20.2. The third kappa shape index (κ3) is 3.47. The maximum absolute atomic E-state index is 12.6. The number of amides is 1. The summed E-state index contributed by atoms with van der Waals surface area (Å²) in [6.45, 7) is 5.20. The van der Waals surface area contributed by atoms with Gasteiger partial charge >= 0.3 is 0 Å². The number of H-pyrrole nitrogens is 1. The van der Waals surface area contributed by atoms with Crippen LogP contribution in [0, 0.1) is 13.8 Å². The van der Waals surface area contributed by atoms with Gasteiger partial charge in [-0.2, -0.15) is 0 Å². The van der Waals surface area contributed by atoms with Crippen molar-refractivity contribution in [2.45, 2.75) is 31.7 Å². The van der Waals surface area contributed by atoms with Gasteiger partial charge in [0.05, 0.1) is 22.0 Å². The van der Waals surface area contributed by atoms with Crippen LogP contribution in [0.4, 0.5) is 0 Å². The molecule has 3 rings (SSSR count). The number of nitrogens with two attached hydrogens (primary N) is 1. The van der Waals surface area contributed by atoms with Crippen LogP contribution in [0.25, 0.3) is 11.0 Å². The molecule has 0 spiro atoms. The SMILES string of the molecule is Cc1cc(C(=O)N[C@H](C)c2nc3ccccc3[nH]2)cc(S(N)(=O)=O)c1C. The molecule has 0 aliphatic carbocycles. The molecule has 0 fully saturated rings. The highest BCUT2D eigenvalue weighted by Crippen LogP contribution is 2.21. The Morgan fingerprint density at radius 1 is 1.23 bits per heavy atom. The van der Waals surface area contributed by atoms with Crippen LogP contribution in [0.1, 0.15) is 40.3 Å². The van der Waals surface area contributed by atoms with Crippen LogP contribution in [-0.2, 0) is 10.0 Å². The Morgan fingerprint density at radius 3 is 2.58 bits per heavy atom. The van der Waals surface area contributed by atoms with Gasteiger partial charge in [0.2, 0.25) is 10.0 Å². The first-order valence-corrected chi connectivity index (χ1v) is 9.61. The molecule has 7 nitrogen and oxygen atoms in total. The molecule has 0 radical (unpaired) electrons. The molecule has 26 heavy (non-hydrogen) atoms. The highest BCUT2D eigenvalue weighted by Gasteiger charge is 2.19. The number of nitrogens with zero attached hydrogens (tertiary/aromatic N) is 1. The molecule has 0 aliphatic rings. The predicted octanol–water partition coefficient (Wildman–Crippen LogP) is 2.32. The van der Waals surface area contributed by atoms with Crippen LogP contribution in [0.5, 0.6) is 0 Å². The fourth-order valence-corrected chi connectivity index (χ4v) is 3.66. The van der Waals surface area contributed by atoms with Crippen molar-refractivity contribution >= 4 is 27.0 Å². The molecular formula is C18H20N4O3S. The molecule has 1 heterocycles. The lowest BCUT2D eigenvalue weighted by Crippen LogP contribution is -2.28. The molecule has 0 unspecified atom stereocenters. The Balaban J connectivity index is 1.89. The number of primary sulfonamides is 1. The van der Waals surface area contributed by atoms with E-state index in [1.165, 1.54) is 6.07 Å². The number of aromatic nitrogens is 2. The summed E-state index contributed by atoms with van der Waals surface area (Å²) >= 11 is 0. The molecule has 2 aromatic carbocycles. The number of carbonyl (C=O) groups excluding carboxylic acids is 1. The fourth-order valence-electron chi connectivity index (χ4n) is 2.78. The van der Waals surface area contributed by atoms with E-state index in [0.29, 0.717) is 17.0 Å². The van der Waals surface area contributed by atoms with Crippen molar-refractivity contribution in [2.24, 2.45) is 5.14 Å². The zero-order valence-corrected chi connectivity index (χ0v) is 15.5. The Kier molecular flexibility index (Phi) is 4.55. The number of hydrogen-bond acceptors (Lipinski definition) is 4. The van der Waals surface area contributed by atoms with Crippen molar-refractivity contribution in [3.05, 3.63) is 58.9 Å². The van der Waals surface area contributed by atoms with Gasteiger partial charge in [-0.15, -0.1) is 0 Å². The number of carbonyl (C=O) groups is 1. The first-order valence-electron chi connectivity index (χ1n) is 8.06. The second-order valence-corrected chi connectivity index (χ2v) is 7.83. The maximum Gasteiger partial charge on any atom is 0.251 e.